The van der Waals surface area contributed by atoms with Crippen molar-refractivity contribution in [3.63, 3.8) is 0 Å². The van der Waals surface area contributed by atoms with Gasteiger partial charge < -0.3 is 4.90 Å². The summed E-state index contributed by atoms with van der Waals surface area (Å²) in [5.74, 6) is 0. The molecule has 0 N–H and O–H groups in total. The second-order valence-corrected chi connectivity index (χ2v) is 5.31. The number of fused-ring (bicyclic) bond motifs is 1. The molecule has 3 nitrogen and oxygen atoms in total. The van der Waals surface area contributed by atoms with Crippen LogP contribution in [-0.2, 0) is 6.42 Å². The molecule has 0 saturated carbocycles. The van der Waals surface area contributed by atoms with Crippen LogP contribution in [0.1, 0.15) is 28.3 Å². The van der Waals surface area contributed by atoms with Crippen LogP contribution >= 0.6 is 0 Å². The van der Waals surface area contributed by atoms with Crippen LogP contribution in [-0.4, -0.2) is 6.54 Å². The minimum Gasteiger partial charge on any atom is -0.351 e. The van der Waals surface area contributed by atoms with Gasteiger partial charge in [0.2, 0.25) is 0 Å². The van der Waals surface area contributed by atoms with Crippen LogP contribution in [0, 0.1) is 29.6 Å². The Kier molecular flexibility index (Phi) is 3.34. The normalized spacial score (nSPS) is 14.1. The molecule has 0 aliphatic carbocycles. The van der Waals surface area contributed by atoms with Gasteiger partial charge >= 0.3 is 0 Å². The zero-order chi connectivity index (χ0) is 14.8. The number of benzene rings is 2. The van der Waals surface area contributed by atoms with Crippen molar-refractivity contribution >= 4 is 5.69 Å². The second kappa shape index (κ2) is 5.31. The highest BCUT2D eigenvalue weighted by atomic mass is 15.2. The van der Waals surface area contributed by atoms with Crippen LogP contribution in [0.4, 0.5) is 5.69 Å². The van der Waals surface area contributed by atoms with Crippen molar-refractivity contribution in [2.75, 3.05) is 11.4 Å². The Morgan fingerprint density at radius 2 is 1.95 bits per heavy atom. The third kappa shape index (κ3) is 2.24. The monoisotopic (exact) mass is 273 g/mol. The van der Waals surface area contributed by atoms with Gasteiger partial charge in [-0.05, 0) is 36.6 Å². The van der Waals surface area contributed by atoms with Gasteiger partial charge in [-0.25, -0.2) is 0 Å². The molecular formula is C18H15N3. The van der Waals surface area contributed by atoms with Crippen molar-refractivity contribution in [1.82, 2.24) is 0 Å². The first-order chi connectivity index (χ1) is 10.2. The van der Waals surface area contributed by atoms with E-state index in [0.717, 1.165) is 29.8 Å². The van der Waals surface area contributed by atoms with E-state index in [1.54, 1.807) is 0 Å². The highest BCUT2D eigenvalue weighted by Crippen LogP contribution is 2.35. The molecule has 2 aromatic rings. The maximum absolute atomic E-state index is 9.65. The molecule has 0 saturated heterocycles. The van der Waals surface area contributed by atoms with Crippen molar-refractivity contribution in [3.8, 4) is 12.1 Å². The maximum Gasteiger partial charge on any atom is 0.143 e. The van der Waals surface area contributed by atoms with Gasteiger partial charge in [0.1, 0.15) is 6.04 Å². The number of hydrogen-bond acceptors (Lipinski definition) is 3. The van der Waals surface area contributed by atoms with Gasteiger partial charge in [0.15, 0.2) is 0 Å². The predicted octanol–water partition coefficient (Wildman–Crippen LogP) is 3.49. The van der Waals surface area contributed by atoms with Crippen LogP contribution in [0.2, 0.25) is 0 Å². The van der Waals surface area contributed by atoms with Crippen LogP contribution in [0.3, 0.4) is 0 Å². The summed E-state index contributed by atoms with van der Waals surface area (Å²) >= 11 is 0. The predicted molar refractivity (Wildman–Crippen MR) is 81.7 cm³/mol. The van der Waals surface area contributed by atoms with Gasteiger partial charge in [-0.2, -0.15) is 10.5 Å². The summed E-state index contributed by atoms with van der Waals surface area (Å²) < 4.78 is 0. The largest absolute Gasteiger partial charge is 0.351 e. The van der Waals surface area contributed by atoms with E-state index in [1.165, 1.54) is 5.56 Å². The van der Waals surface area contributed by atoms with Gasteiger partial charge in [0.25, 0.3) is 0 Å². The maximum atomic E-state index is 9.65. The zero-order valence-corrected chi connectivity index (χ0v) is 11.9. The van der Waals surface area contributed by atoms with Crippen molar-refractivity contribution in [1.29, 1.82) is 10.5 Å². The second-order valence-electron chi connectivity index (χ2n) is 5.31. The van der Waals surface area contributed by atoms with Crippen molar-refractivity contribution in [2.24, 2.45) is 0 Å². The van der Waals surface area contributed by atoms with Crippen LogP contribution < -0.4 is 4.90 Å². The first-order valence-electron chi connectivity index (χ1n) is 6.99. The zero-order valence-electron chi connectivity index (χ0n) is 11.9. The number of hydrogen-bond donors (Lipinski definition) is 0. The fourth-order valence-corrected chi connectivity index (χ4v) is 2.94. The lowest BCUT2D eigenvalue weighted by atomic mass is 9.98. The number of para-hydroxylation sites is 1. The lowest BCUT2D eigenvalue weighted by Gasteiger charge is -2.26. The fraction of sp³-hybridized carbons (Fsp3) is 0.222. The molecule has 0 spiro atoms. The molecule has 1 aliphatic rings. The third-order valence-electron chi connectivity index (χ3n) is 3.98. The van der Waals surface area contributed by atoms with Gasteiger partial charge in [-0.15, -0.1) is 0 Å². The molecule has 3 rings (SSSR count). The number of aryl methyl sites for hydroxylation is 1. The quantitative estimate of drug-likeness (QED) is 0.841. The lowest BCUT2D eigenvalue weighted by molar-refractivity contribution is 0.761. The van der Waals surface area contributed by atoms with Gasteiger partial charge in [-0.3, -0.25) is 0 Å². The number of anilines is 1. The summed E-state index contributed by atoms with van der Waals surface area (Å²) in [6, 6.07) is 18.1. The van der Waals surface area contributed by atoms with E-state index in [-0.39, 0.29) is 0 Å². The Balaban J connectivity index is 2.06. The van der Waals surface area contributed by atoms with Crippen molar-refractivity contribution in [2.45, 2.75) is 19.4 Å². The van der Waals surface area contributed by atoms with E-state index < -0.39 is 6.04 Å². The Morgan fingerprint density at radius 3 is 2.71 bits per heavy atom. The summed E-state index contributed by atoms with van der Waals surface area (Å²) in [4.78, 5) is 2.10. The Labute approximate surface area is 124 Å². The minimum atomic E-state index is -0.413. The van der Waals surface area contributed by atoms with Crippen LogP contribution in [0.15, 0.2) is 42.5 Å². The minimum absolute atomic E-state index is 0.413. The molecule has 1 heterocycles. The Bertz CT molecular complexity index is 765. The molecule has 102 valence electrons. The number of nitrogens with zero attached hydrogens (tertiary/aromatic N) is 3. The van der Waals surface area contributed by atoms with E-state index >= 15 is 0 Å². The van der Waals surface area contributed by atoms with Gasteiger partial charge in [0, 0.05) is 17.8 Å². The summed E-state index contributed by atoms with van der Waals surface area (Å²) in [6.07, 6.45) is 0.947. The SMILES string of the molecule is Cc1ccc([C@@H](C#N)N2CCc3ccccc32)c(C#N)c1. The van der Waals surface area contributed by atoms with Gasteiger partial charge in [-0.1, -0.05) is 30.3 Å². The molecule has 2 aromatic carbocycles. The molecule has 0 radical (unpaired) electrons. The molecule has 21 heavy (non-hydrogen) atoms. The van der Waals surface area contributed by atoms with E-state index in [9.17, 15) is 10.5 Å². The molecule has 3 heteroatoms. The molecule has 0 bridgehead atoms. The Morgan fingerprint density at radius 1 is 1.14 bits per heavy atom. The highest BCUT2D eigenvalue weighted by molar-refractivity contribution is 5.61. The van der Waals surface area contributed by atoms with E-state index in [4.69, 9.17) is 0 Å². The average molecular weight is 273 g/mol. The average Bonchev–Trinajstić information content (AvgIpc) is 2.93. The third-order valence-corrected chi connectivity index (χ3v) is 3.98. The molecule has 0 amide bonds. The standard InChI is InChI=1S/C18H15N3/c1-13-6-7-16(15(10-13)11-19)18(12-20)21-9-8-14-4-2-3-5-17(14)21/h2-7,10,18H,8-9H2,1H3/t18-/m1/s1. The number of nitriles is 2. The summed E-state index contributed by atoms with van der Waals surface area (Å²) in [5, 5.41) is 19.0. The topological polar surface area (TPSA) is 50.8 Å². The van der Waals surface area contributed by atoms with Crippen LogP contribution in [0.5, 0.6) is 0 Å². The number of rotatable bonds is 2. The van der Waals surface area contributed by atoms with Crippen molar-refractivity contribution < 1.29 is 0 Å². The molecule has 0 aromatic heterocycles. The molecular weight excluding hydrogens is 258 g/mol. The summed E-state index contributed by atoms with van der Waals surface area (Å²) in [7, 11) is 0. The molecule has 0 unspecified atom stereocenters. The molecule has 0 fully saturated rings. The van der Waals surface area contributed by atoms with Crippen LogP contribution in [0.25, 0.3) is 0 Å². The van der Waals surface area contributed by atoms with Crippen molar-refractivity contribution in [3.05, 3.63) is 64.7 Å². The van der Waals surface area contributed by atoms with Gasteiger partial charge in [0.05, 0.1) is 17.7 Å². The molecule has 1 aliphatic heterocycles. The lowest BCUT2D eigenvalue weighted by Crippen LogP contribution is -2.26. The Hall–Kier alpha value is -2.78. The van der Waals surface area contributed by atoms with E-state index in [0.29, 0.717) is 5.56 Å². The van der Waals surface area contributed by atoms with E-state index in [2.05, 4.69) is 23.1 Å². The summed E-state index contributed by atoms with van der Waals surface area (Å²) in [5.41, 5.74) is 4.79. The van der Waals surface area contributed by atoms with E-state index in [1.807, 2.05) is 43.3 Å². The first kappa shape index (κ1) is 13.2. The molecule has 1 atom stereocenters. The fourth-order valence-electron chi connectivity index (χ4n) is 2.94. The summed E-state index contributed by atoms with van der Waals surface area (Å²) in [6.45, 7) is 2.77. The smallest absolute Gasteiger partial charge is 0.143 e. The highest BCUT2D eigenvalue weighted by Gasteiger charge is 2.28. The first-order valence-corrected chi connectivity index (χ1v) is 6.99.